The Labute approximate surface area is 160 Å². The van der Waals surface area contributed by atoms with Crippen LogP contribution in [0.4, 0.5) is 4.79 Å². The average molecular weight is 455 g/mol. The standard InChI is InChI=1S/C18H22IN3O3/c1-25-16-4-2-14(3-5-16)11-22-12-15(17(19)20-22)10-13-6-8-21(9-7-13)18(23)24/h2-5,12-13H,6-11H2,1H3,(H,23,24). The fourth-order valence-electron chi connectivity index (χ4n) is 3.21. The minimum atomic E-state index is -0.805. The molecule has 3 rings (SSSR count). The second kappa shape index (κ2) is 8.07. The van der Waals surface area contributed by atoms with E-state index >= 15 is 0 Å². The predicted molar refractivity (Wildman–Crippen MR) is 103 cm³/mol. The molecule has 0 saturated carbocycles. The Morgan fingerprint density at radius 1 is 1.32 bits per heavy atom. The van der Waals surface area contributed by atoms with Crippen molar-refractivity contribution in [3.8, 4) is 5.75 Å². The van der Waals surface area contributed by atoms with E-state index in [0.717, 1.165) is 35.3 Å². The number of rotatable bonds is 5. The quantitative estimate of drug-likeness (QED) is 0.702. The highest BCUT2D eigenvalue weighted by Crippen LogP contribution is 2.24. The summed E-state index contributed by atoms with van der Waals surface area (Å²) in [5.41, 5.74) is 2.43. The number of piperidine rings is 1. The number of carboxylic acid groups (broad SMARTS) is 1. The first-order valence-electron chi connectivity index (χ1n) is 8.38. The third-order valence-corrected chi connectivity index (χ3v) is 5.59. The maximum Gasteiger partial charge on any atom is 0.407 e. The van der Waals surface area contributed by atoms with E-state index in [-0.39, 0.29) is 0 Å². The van der Waals surface area contributed by atoms with E-state index in [1.165, 1.54) is 16.0 Å². The number of aromatic nitrogens is 2. The molecule has 0 radical (unpaired) electrons. The van der Waals surface area contributed by atoms with Crippen LogP contribution in [0.1, 0.15) is 24.0 Å². The van der Waals surface area contributed by atoms with Crippen LogP contribution in [0, 0.1) is 9.62 Å². The lowest BCUT2D eigenvalue weighted by atomic mass is 9.91. The molecule has 1 N–H and O–H groups in total. The molecule has 0 bridgehead atoms. The van der Waals surface area contributed by atoms with Crippen LogP contribution in [0.25, 0.3) is 0 Å². The van der Waals surface area contributed by atoms with Crippen molar-refractivity contribution in [2.24, 2.45) is 5.92 Å². The van der Waals surface area contributed by atoms with Crippen molar-refractivity contribution in [2.45, 2.75) is 25.8 Å². The summed E-state index contributed by atoms with van der Waals surface area (Å²) >= 11 is 2.29. The largest absolute Gasteiger partial charge is 0.497 e. The highest BCUT2D eigenvalue weighted by Gasteiger charge is 2.23. The molecule has 1 amide bonds. The summed E-state index contributed by atoms with van der Waals surface area (Å²) in [6.45, 7) is 2.00. The van der Waals surface area contributed by atoms with E-state index in [2.05, 4.69) is 46.0 Å². The maximum absolute atomic E-state index is 11.0. The van der Waals surface area contributed by atoms with Crippen LogP contribution in [0.15, 0.2) is 30.5 Å². The minimum Gasteiger partial charge on any atom is -0.497 e. The average Bonchev–Trinajstić information content (AvgIpc) is 2.95. The first-order valence-corrected chi connectivity index (χ1v) is 9.45. The van der Waals surface area contributed by atoms with Gasteiger partial charge in [-0.1, -0.05) is 12.1 Å². The van der Waals surface area contributed by atoms with Gasteiger partial charge in [-0.05, 0) is 65.5 Å². The summed E-state index contributed by atoms with van der Waals surface area (Å²) in [4.78, 5) is 12.5. The number of nitrogens with zero attached hydrogens (tertiary/aromatic N) is 3. The third-order valence-electron chi connectivity index (χ3n) is 4.68. The van der Waals surface area contributed by atoms with E-state index in [1.807, 2.05) is 16.8 Å². The van der Waals surface area contributed by atoms with Gasteiger partial charge >= 0.3 is 6.09 Å². The van der Waals surface area contributed by atoms with Crippen LogP contribution < -0.4 is 4.74 Å². The molecule has 6 nitrogen and oxygen atoms in total. The molecule has 1 fully saturated rings. The molecule has 0 aliphatic carbocycles. The number of hydrogen-bond donors (Lipinski definition) is 1. The van der Waals surface area contributed by atoms with Gasteiger partial charge in [-0.25, -0.2) is 4.79 Å². The Hall–Kier alpha value is -1.77. The summed E-state index contributed by atoms with van der Waals surface area (Å²) in [6.07, 6.45) is 4.13. The van der Waals surface area contributed by atoms with Crippen molar-refractivity contribution in [3.05, 3.63) is 45.3 Å². The predicted octanol–water partition coefficient (Wildman–Crippen LogP) is 3.48. The van der Waals surface area contributed by atoms with Gasteiger partial charge in [-0.15, -0.1) is 0 Å². The molecule has 2 heterocycles. The monoisotopic (exact) mass is 455 g/mol. The number of benzene rings is 1. The van der Waals surface area contributed by atoms with Crippen LogP contribution in [0.3, 0.4) is 0 Å². The van der Waals surface area contributed by atoms with Crippen LogP contribution in [0.5, 0.6) is 5.75 Å². The lowest BCUT2D eigenvalue weighted by molar-refractivity contribution is 0.124. The van der Waals surface area contributed by atoms with Gasteiger partial charge in [0.1, 0.15) is 9.45 Å². The number of methoxy groups -OCH3 is 1. The number of carbonyl (C=O) groups is 1. The molecular weight excluding hydrogens is 433 g/mol. The molecule has 0 unspecified atom stereocenters. The molecule has 1 aromatic carbocycles. The normalized spacial score (nSPS) is 15.4. The van der Waals surface area contributed by atoms with Crippen LogP contribution >= 0.6 is 22.6 Å². The van der Waals surface area contributed by atoms with Gasteiger partial charge in [-0.3, -0.25) is 4.68 Å². The van der Waals surface area contributed by atoms with Gasteiger partial charge in [0, 0.05) is 24.8 Å². The summed E-state index contributed by atoms with van der Waals surface area (Å²) in [5, 5.41) is 13.7. The number of amides is 1. The summed E-state index contributed by atoms with van der Waals surface area (Å²) in [7, 11) is 1.66. The highest BCUT2D eigenvalue weighted by molar-refractivity contribution is 14.1. The molecule has 134 valence electrons. The van der Waals surface area contributed by atoms with Crippen molar-refractivity contribution in [1.29, 1.82) is 0 Å². The highest BCUT2D eigenvalue weighted by atomic mass is 127. The number of ether oxygens (including phenoxy) is 1. The smallest absolute Gasteiger partial charge is 0.407 e. The van der Waals surface area contributed by atoms with Gasteiger partial charge in [0.25, 0.3) is 0 Å². The van der Waals surface area contributed by atoms with Crippen LogP contribution in [-0.4, -0.2) is 46.1 Å². The number of hydrogen-bond acceptors (Lipinski definition) is 3. The number of halogens is 1. The lowest BCUT2D eigenvalue weighted by Gasteiger charge is -2.29. The number of likely N-dealkylation sites (tertiary alicyclic amines) is 1. The van der Waals surface area contributed by atoms with Crippen molar-refractivity contribution >= 4 is 28.7 Å². The molecule has 1 saturated heterocycles. The second-order valence-corrected chi connectivity index (χ2v) is 7.43. The van der Waals surface area contributed by atoms with Gasteiger partial charge in [0.05, 0.1) is 13.7 Å². The van der Waals surface area contributed by atoms with Gasteiger partial charge in [-0.2, -0.15) is 5.10 Å². The Morgan fingerprint density at radius 2 is 2.00 bits per heavy atom. The fraction of sp³-hybridized carbons (Fsp3) is 0.444. The zero-order valence-electron chi connectivity index (χ0n) is 14.2. The maximum atomic E-state index is 11.0. The SMILES string of the molecule is COc1ccc(Cn2cc(CC3CCN(C(=O)O)CC3)c(I)n2)cc1. The summed E-state index contributed by atoms with van der Waals surface area (Å²) < 4.78 is 8.20. The molecule has 1 aliphatic heterocycles. The summed E-state index contributed by atoms with van der Waals surface area (Å²) in [6, 6.07) is 8.02. The van der Waals surface area contributed by atoms with Crippen molar-refractivity contribution in [2.75, 3.05) is 20.2 Å². The Morgan fingerprint density at radius 3 is 2.60 bits per heavy atom. The first-order chi connectivity index (χ1) is 12.0. The van der Waals surface area contributed by atoms with E-state index in [1.54, 1.807) is 7.11 Å². The van der Waals surface area contributed by atoms with Gasteiger partial charge < -0.3 is 14.7 Å². The molecule has 2 aromatic rings. The zero-order valence-corrected chi connectivity index (χ0v) is 16.3. The van der Waals surface area contributed by atoms with Crippen molar-refractivity contribution in [1.82, 2.24) is 14.7 Å². The lowest BCUT2D eigenvalue weighted by Crippen LogP contribution is -2.37. The zero-order chi connectivity index (χ0) is 17.8. The molecule has 1 aromatic heterocycles. The topological polar surface area (TPSA) is 67.6 Å². The van der Waals surface area contributed by atoms with Crippen molar-refractivity contribution in [3.63, 3.8) is 0 Å². The molecule has 0 spiro atoms. The molecule has 7 heteroatoms. The Balaban J connectivity index is 1.59. The summed E-state index contributed by atoms with van der Waals surface area (Å²) in [5.74, 6) is 1.38. The Bertz CT molecular complexity index is 722. The second-order valence-electron chi connectivity index (χ2n) is 6.41. The van der Waals surface area contributed by atoms with Crippen LogP contribution in [0.2, 0.25) is 0 Å². The van der Waals surface area contributed by atoms with E-state index < -0.39 is 6.09 Å². The van der Waals surface area contributed by atoms with E-state index in [0.29, 0.717) is 19.0 Å². The van der Waals surface area contributed by atoms with E-state index in [4.69, 9.17) is 9.84 Å². The fourth-order valence-corrected chi connectivity index (χ4v) is 3.85. The van der Waals surface area contributed by atoms with Gasteiger partial charge in [0.15, 0.2) is 0 Å². The molecular formula is C18H22IN3O3. The minimum absolute atomic E-state index is 0.530. The van der Waals surface area contributed by atoms with Crippen LogP contribution in [-0.2, 0) is 13.0 Å². The van der Waals surface area contributed by atoms with E-state index in [9.17, 15) is 4.79 Å². The molecule has 25 heavy (non-hydrogen) atoms. The van der Waals surface area contributed by atoms with Gasteiger partial charge in [0.2, 0.25) is 0 Å². The first kappa shape index (κ1) is 18.0. The third kappa shape index (κ3) is 4.65. The van der Waals surface area contributed by atoms with Crippen molar-refractivity contribution < 1.29 is 14.6 Å². The molecule has 0 atom stereocenters. The molecule has 1 aliphatic rings. The Kier molecular flexibility index (Phi) is 5.82.